The number of aryl methyl sites for hydroxylation is 1. The number of para-hydroxylation sites is 1. The molecule has 4 aliphatic carbocycles. The summed E-state index contributed by atoms with van der Waals surface area (Å²) >= 11 is 1.39. The zero-order valence-electron chi connectivity index (χ0n) is 84.6. The van der Waals surface area contributed by atoms with E-state index in [-0.39, 0.29) is 132 Å². The summed E-state index contributed by atoms with van der Waals surface area (Å²) in [7, 11) is 1.62. The zero-order valence-corrected chi connectivity index (χ0v) is 85.4. The van der Waals surface area contributed by atoms with Crippen molar-refractivity contribution in [1.29, 1.82) is 0 Å². The second-order valence-corrected chi connectivity index (χ2v) is 40.5. The van der Waals surface area contributed by atoms with E-state index in [9.17, 15) is 83.7 Å². The number of hydrogen-bond donors (Lipinski definition) is 9. The number of imide groups is 1. The first-order chi connectivity index (χ1) is 70.2. The van der Waals surface area contributed by atoms with E-state index < -0.39 is 126 Å². The maximum Gasteiger partial charge on any atom is 0.410 e. The number of benzene rings is 3. The van der Waals surface area contributed by atoms with Crippen LogP contribution in [0.2, 0.25) is 0 Å². The third kappa shape index (κ3) is 32.9. The van der Waals surface area contributed by atoms with Crippen LogP contribution in [0, 0.1) is 35.0 Å². The molecule has 1 saturated heterocycles. The Morgan fingerprint density at radius 1 is 0.644 bits per heavy atom. The van der Waals surface area contributed by atoms with Gasteiger partial charge >= 0.3 is 18.0 Å². The number of aliphatic carboxylic acids is 1. The molecule has 7 aliphatic rings. The number of ether oxygens (including phenoxy) is 14. The number of aliphatic hydroxyl groups is 5. The molecule has 0 spiro atoms. The molecule has 6 aromatic rings. The summed E-state index contributed by atoms with van der Waals surface area (Å²) < 4.78 is 82.2. The van der Waals surface area contributed by atoms with Gasteiger partial charge in [-0.25, -0.2) is 24.4 Å². The van der Waals surface area contributed by atoms with Gasteiger partial charge in [0.2, 0.25) is 11.8 Å². The number of anilines is 2. The van der Waals surface area contributed by atoms with Gasteiger partial charge in [0, 0.05) is 113 Å². The van der Waals surface area contributed by atoms with Gasteiger partial charge in [0.1, 0.15) is 43.1 Å². The Hall–Kier alpha value is -10.2. The van der Waals surface area contributed by atoms with Gasteiger partial charge in [-0.1, -0.05) is 81.5 Å². The van der Waals surface area contributed by atoms with Gasteiger partial charge in [-0.2, -0.15) is 5.10 Å². The van der Waals surface area contributed by atoms with E-state index in [4.69, 9.17) is 76.4 Å². The lowest BCUT2D eigenvalue weighted by molar-refractivity contribution is -0.248. The standard InChI is InChI=1S/C104H144N10O31S/c1-68(2)79(55-75(116)24-27-110(89(121)58-113-87(119)21-22-88(113)120)29-31-133-35-36-135-39-40-137-43-44-139-47-48-141-51-52-142-50-49-140-46-45-138-42-41-136-38-37-134-34-33-132-7)96(126)106-69(3)83(118)54-71-15-16-74(73(53-71)17-19-84-91(122)92(123)93(124)94(145-84)98(129)130)60-143-100(131)111(28-25-76(117)59-115)30-32-144-104-64-101(5)61-102(6,65-104)63-103(62-101,66-104)67-114-70(4)80(56-105-114)77-18-20-86(108-90(77)97(127)128)112-26-23-72-11-10-12-78(81(72)57-112)95(125)109-99-107-82-13-8-9-14-85(82)146-99/h8-16,18,20-22,53,56,68-69,76,79,84,91-94,115,117,122-124H,17,19,23-52,54-55,57-67H2,1-7H3,(H,106,126)(H,127,128)(H,129,130)(H,107,109,125)/t69-,76?,79-,84-,91-,92+,93-,94-,101?,102?,103?,104?/m0/s1. The van der Waals surface area contributed by atoms with Crippen molar-refractivity contribution < 1.29 is 150 Å². The number of carbonyl (C=O) groups is 10. The third-order valence-corrected chi connectivity index (χ3v) is 28.5. The van der Waals surface area contributed by atoms with Crippen LogP contribution in [0.5, 0.6) is 0 Å². The third-order valence-electron chi connectivity index (χ3n) is 27.5. The van der Waals surface area contributed by atoms with Gasteiger partial charge in [0.05, 0.1) is 192 Å². The van der Waals surface area contributed by atoms with Crippen LogP contribution in [-0.2, 0) is 139 Å². The van der Waals surface area contributed by atoms with Crippen LogP contribution in [-0.4, -0.2) is 376 Å². The molecule has 42 heteroatoms. The maximum absolute atomic E-state index is 14.7. The van der Waals surface area contributed by atoms with Crippen molar-refractivity contribution in [2.45, 2.75) is 193 Å². The molecule has 3 aliphatic heterocycles. The molecule has 3 unspecified atom stereocenters. The summed E-state index contributed by atoms with van der Waals surface area (Å²) in [4.78, 5) is 150. The summed E-state index contributed by atoms with van der Waals surface area (Å²) in [6.45, 7) is 19.1. The number of aliphatic hydroxyl groups excluding tert-OH is 5. The molecule has 4 bridgehead atoms. The zero-order chi connectivity index (χ0) is 105. The number of methoxy groups -OCH3 is 1. The highest BCUT2D eigenvalue weighted by Crippen LogP contribution is 2.72. The second-order valence-electron chi connectivity index (χ2n) is 39.5. The van der Waals surface area contributed by atoms with Crippen LogP contribution >= 0.6 is 11.3 Å². The Labute approximate surface area is 853 Å². The molecule has 13 rings (SSSR count). The highest BCUT2D eigenvalue weighted by atomic mass is 32.1. The highest BCUT2D eigenvalue weighted by Gasteiger charge is 2.66. The minimum atomic E-state index is -1.96. The first-order valence-electron chi connectivity index (χ1n) is 50.3. The molecular weight excluding hydrogens is 1920 g/mol. The fraction of sp³-hybridized carbons (Fsp3) is 0.625. The van der Waals surface area contributed by atoms with Gasteiger partial charge < -0.3 is 122 Å². The van der Waals surface area contributed by atoms with Crippen LogP contribution in [0.3, 0.4) is 0 Å². The average molecular weight is 2060 g/mol. The van der Waals surface area contributed by atoms with Gasteiger partial charge in [-0.05, 0) is 158 Å². The van der Waals surface area contributed by atoms with Crippen molar-refractivity contribution in [3.05, 3.63) is 136 Å². The summed E-state index contributed by atoms with van der Waals surface area (Å²) in [5.74, 6) is -7.41. The number of aromatic nitrogens is 4. The minimum Gasteiger partial charge on any atom is -0.479 e. The lowest BCUT2D eigenvalue weighted by Crippen LogP contribution is -2.64. The monoisotopic (exact) mass is 2060 g/mol. The number of carboxylic acid groups (broad SMARTS) is 2. The van der Waals surface area contributed by atoms with E-state index in [0.717, 1.165) is 76.2 Å². The fourth-order valence-corrected chi connectivity index (χ4v) is 22.0. The van der Waals surface area contributed by atoms with E-state index in [1.807, 2.05) is 59.0 Å². The molecule has 3 aromatic heterocycles. The van der Waals surface area contributed by atoms with Crippen molar-refractivity contribution in [2.24, 2.45) is 28.1 Å². The Bertz CT molecular complexity index is 5300. The Balaban J connectivity index is 0.605. The van der Waals surface area contributed by atoms with Crippen LogP contribution in [0.15, 0.2) is 91.1 Å². The van der Waals surface area contributed by atoms with Gasteiger partial charge in [-0.3, -0.25) is 48.5 Å². The molecule has 3 aromatic carbocycles. The Kier molecular flexibility index (Phi) is 43.9. The number of nitrogens with one attached hydrogen (secondary N) is 2. The minimum absolute atomic E-state index is 0.00169. The number of rotatable bonds is 67. The summed E-state index contributed by atoms with van der Waals surface area (Å²) in [6.07, 6.45) is -2.51. The van der Waals surface area contributed by atoms with E-state index in [2.05, 4.69) is 29.5 Å². The molecule has 0 radical (unpaired) electrons. The molecule has 41 nitrogen and oxygen atoms in total. The highest BCUT2D eigenvalue weighted by molar-refractivity contribution is 7.22. The number of thiazole rings is 1. The lowest BCUT2D eigenvalue weighted by Gasteiger charge is -2.69. The number of carboxylic acids is 2. The van der Waals surface area contributed by atoms with E-state index in [1.54, 1.807) is 57.5 Å². The number of ketones is 2. The Morgan fingerprint density at radius 3 is 1.84 bits per heavy atom. The lowest BCUT2D eigenvalue weighted by atomic mass is 9.39. The molecule has 5 fully saturated rings. The van der Waals surface area contributed by atoms with E-state index in [1.165, 1.54) is 28.1 Å². The van der Waals surface area contributed by atoms with Gasteiger partial charge in [0.25, 0.3) is 17.7 Å². The number of aromatic carboxylic acids is 1. The smallest absolute Gasteiger partial charge is 0.410 e. The molecule has 4 saturated carbocycles. The molecule has 6 amide bonds. The first kappa shape index (κ1) is 115. The molecule has 10 atom stereocenters. The van der Waals surface area contributed by atoms with Gasteiger partial charge in [0.15, 0.2) is 22.7 Å². The predicted molar refractivity (Wildman–Crippen MR) is 531 cm³/mol. The number of fused-ring (bicyclic) bond motifs is 2. The average Bonchev–Trinajstić information content (AvgIpc) is 0.825. The number of nitrogens with zero attached hydrogens (tertiary/aromatic N) is 8. The van der Waals surface area contributed by atoms with Gasteiger partial charge in [-0.15, -0.1) is 0 Å². The molecule has 9 N–H and O–H groups in total. The Morgan fingerprint density at radius 2 is 1.25 bits per heavy atom. The fourth-order valence-electron chi connectivity index (χ4n) is 21.1. The number of carbonyl (C=O) groups excluding carboxylic acids is 8. The van der Waals surface area contributed by atoms with E-state index in [0.29, 0.717) is 189 Å². The number of pyridine rings is 1. The number of hydrogen-bond acceptors (Lipinski definition) is 34. The SMILES string of the molecule is COCCOCCOCCOCCOCCOCCOCCOCCOCCOCCOCCN(CCC(=O)C[C@H](C(=O)N[C@@H](C)C(=O)Cc1ccc(COC(=O)N(CCOC23CC4(C)CC(C)(CC(Cn5ncc(-c6ccc(N7CCc8cccc(C(=O)Nc9nc%10ccccc%10s9)c8C7)nc6C(=O)O)c5C)(C4)C2)C3)CCC(O)CO)c(CC[C@@H]2O[C@H](C(=O)O)[C@@H](O)[C@H](O)[C@H]2O)c1)C(C)C)C(=O)CN1C(=O)C=CC1=O. The first-order valence-corrected chi connectivity index (χ1v) is 51.1. The predicted octanol–water partition coefficient (Wildman–Crippen LogP) is 6.57. The van der Waals surface area contributed by atoms with Crippen molar-refractivity contribution in [3.8, 4) is 11.1 Å². The van der Waals surface area contributed by atoms with Crippen molar-refractivity contribution in [3.63, 3.8) is 0 Å². The summed E-state index contributed by atoms with van der Waals surface area (Å²) in [6, 6.07) is 20.7. The topological polar surface area (TPSA) is 522 Å². The van der Waals surface area contributed by atoms with E-state index >= 15 is 0 Å². The second kappa shape index (κ2) is 55.9. The molecule has 146 heavy (non-hydrogen) atoms. The van der Waals surface area contributed by atoms with Crippen molar-refractivity contribution >= 4 is 91.6 Å². The quantitative estimate of drug-likeness (QED) is 0.0144. The normalized spacial score (nSPS) is 21.6. The molecular formula is C104H144N10O31S. The van der Waals surface area contributed by atoms with Crippen molar-refractivity contribution in [1.82, 2.24) is 39.8 Å². The summed E-state index contributed by atoms with van der Waals surface area (Å²) in [5.41, 5.74) is 4.78. The van der Waals surface area contributed by atoms with Crippen LogP contribution < -0.4 is 15.5 Å². The summed E-state index contributed by atoms with van der Waals surface area (Å²) in [5, 5.41) is 85.3. The van der Waals surface area contributed by atoms with Crippen LogP contribution in [0.25, 0.3) is 21.3 Å². The largest absolute Gasteiger partial charge is 0.479 e. The molecule has 6 heterocycles. The number of Topliss-reactive ketones (excluding diaryl/α,β-unsaturated/α-hetero) is 2. The molecule has 802 valence electrons. The number of amides is 6. The van der Waals surface area contributed by atoms with Crippen LogP contribution in [0.4, 0.5) is 15.7 Å². The van der Waals surface area contributed by atoms with Crippen molar-refractivity contribution in [2.75, 3.05) is 209 Å². The maximum atomic E-state index is 14.7. The van der Waals surface area contributed by atoms with Crippen LogP contribution in [0.1, 0.15) is 153 Å².